The second-order valence-electron chi connectivity index (χ2n) is 14.2. The van der Waals surface area contributed by atoms with Crippen LogP contribution in [0.5, 0.6) is 6.01 Å². The van der Waals surface area contributed by atoms with Gasteiger partial charge in [0.1, 0.15) is 29.7 Å². The highest BCUT2D eigenvalue weighted by Gasteiger charge is 2.49. The number of nitrogens with two attached hydrogens (primary N) is 1. The first-order valence-electron chi connectivity index (χ1n) is 17.3. The second-order valence-corrected chi connectivity index (χ2v) is 15.3. The van der Waals surface area contributed by atoms with E-state index in [-0.39, 0.29) is 24.2 Å². The summed E-state index contributed by atoms with van der Waals surface area (Å²) in [6.07, 6.45) is 4.53. The highest BCUT2D eigenvalue weighted by atomic mass is 32.1. The standard InChI is InChI=1S/C36H40FN7O3S/c37-21-13-36(8-2-10-43(36)15-21)20-47-35-40-29-12-25(24-4-1-5-30-31(24)26(14-38)33(39)48-30)27-18-46-19-28(27)32(29)34(41-35)44-22-6-7-23(44)17-42(16-22)9-3-11-45/h1,4-5,12,21-23,45H,2-3,6-11,13,15-20,39H2/t21-,22?,23?,36?/m1/s1. The van der Waals surface area contributed by atoms with E-state index in [2.05, 4.69) is 32.9 Å². The monoisotopic (exact) mass is 669 g/mol. The van der Waals surface area contributed by atoms with Gasteiger partial charge in [0.15, 0.2) is 0 Å². The van der Waals surface area contributed by atoms with E-state index in [0.717, 1.165) is 107 Å². The maximum Gasteiger partial charge on any atom is 0.319 e. The van der Waals surface area contributed by atoms with E-state index >= 15 is 0 Å². The second kappa shape index (κ2) is 11.8. The highest BCUT2D eigenvalue weighted by Crippen LogP contribution is 2.47. The molecule has 0 aliphatic carbocycles. The van der Waals surface area contributed by atoms with Gasteiger partial charge in [-0.3, -0.25) is 9.80 Å². The molecule has 0 saturated carbocycles. The molecule has 4 aromatic rings. The van der Waals surface area contributed by atoms with Crippen LogP contribution in [0.4, 0.5) is 15.2 Å². The zero-order valence-corrected chi connectivity index (χ0v) is 27.8. The lowest BCUT2D eigenvalue weighted by molar-refractivity contribution is 0.107. The predicted molar refractivity (Wildman–Crippen MR) is 184 cm³/mol. The van der Waals surface area contributed by atoms with Crippen molar-refractivity contribution in [2.45, 2.75) is 75.5 Å². The van der Waals surface area contributed by atoms with Gasteiger partial charge >= 0.3 is 6.01 Å². The average Bonchev–Trinajstić information content (AvgIpc) is 3.89. The number of hydrogen-bond donors (Lipinski definition) is 2. The molecule has 4 saturated heterocycles. The molecule has 5 aliphatic rings. The number of aliphatic hydroxyl groups is 1. The van der Waals surface area contributed by atoms with Crippen LogP contribution in [0.15, 0.2) is 24.3 Å². The summed E-state index contributed by atoms with van der Waals surface area (Å²) in [6, 6.07) is 11.5. The normalized spacial score (nSPS) is 26.9. The van der Waals surface area contributed by atoms with Gasteiger partial charge in [-0.2, -0.15) is 15.2 Å². The molecule has 12 heteroatoms. The Labute approximate surface area is 282 Å². The van der Waals surface area contributed by atoms with Gasteiger partial charge in [0.25, 0.3) is 0 Å². The first kappa shape index (κ1) is 30.5. The van der Waals surface area contributed by atoms with Gasteiger partial charge in [-0.05, 0) is 73.0 Å². The molecule has 48 heavy (non-hydrogen) atoms. The minimum absolute atomic E-state index is 0.199. The van der Waals surface area contributed by atoms with Crippen LogP contribution in [0.25, 0.3) is 32.1 Å². The Hall–Kier alpha value is -3.60. The van der Waals surface area contributed by atoms with Gasteiger partial charge in [0.05, 0.1) is 29.8 Å². The van der Waals surface area contributed by atoms with Crippen molar-refractivity contribution in [3.63, 3.8) is 0 Å². The number of rotatable bonds is 8. The number of likely N-dealkylation sites (tertiary alicyclic amines) is 1. The van der Waals surface area contributed by atoms with Crippen molar-refractivity contribution >= 4 is 43.1 Å². The Morgan fingerprint density at radius 2 is 1.96 bits per heavy atom. The van der Waals surface area contributed by atoms with Crippen molar-refractivity contribution in [1.29, 1.82) is 5.26 Å². The van der Waals surface area contributed by atoms with Crippen molar-refractivity contribution in [2.24, 2.45) is 0 Å². The van der Waals surface area contributed by atoms with Crippen LogP contribution in [0.1, 0.15) is 55.2 Å². The Balaban J connectivity index is 1.20. The molecular formula is C36H40FN7O3S. The van der Waals surface area contributed by atoms with Gasteiger partial charge in [-0.25, -0.2) is 4.39 Å². The fourth-order valence-corrected chi connectivity index (χ4v) is 10.4. The minimum Gasteiger partial charge on any atom is -0.461 e. The smallest absolute Gasteiger partial charge is 0.319 e. The first-order valence-corrected chi connectivity index (χ1v) is 18.1. The van der Waals surface area contributed by atoms with Crippen molar-refractivity contribution < 1.29 is 19.0 Å². The zero-order valence-electron chi connectivity index (χ0n) is 27.0. The molecule has 4 fully saturated rings. The number of halogens is 1. The summed E-state index contributed by atoms with van der Waals surface area (Å²) in [7, 11) is 0. The Kier molecular flexibility index (Phi) is 7.47. The summed E-state index contributed by atoms with van der Waals surface area (Å²) < 4.78 is 28.3. The molecule has 250 valence electrons. The number of nitriles is 1. The van der Waals surface area contributed by atoms with Crippen LogP contribution in [0.2, 0.25) is 0 Å². The largest absolute Gasteiger partial charge is 0.461 e. The van der Waals surface area contributed by atoms with Crippen LogP contribution in [-0.2, 0) is 18.0 Å². The van der Waals surface area contributed by atoms with Gasteiger partial charge in [0, 0.05) is 66.8 Å². The number of fused-ring (bicyclic) bond motifs is 7. The Morgan fingerprint density at radius 3 is 2.77 bits per heavy atom. The van der Waals surface area contributed by atoms with Crippen molar-refractivity contribution in [3.05, 3.63) is 41.0 Å². The van der Waals surface area contributed by atoms with Crippen molar-refractivity contribution in [1.82, 2.24) is 19.8 Å². The van der Waals surface area contributed by atoms with Gasteiger partial charge < -0.3 is 25.2 Å². The van der Waals surface area contributed by atoms with Crippen LogP contribution in [0, 0.1) is 11.3 Å². The van der Waals surface area contributed by atoms with Crippen LogP contribution >= 0.6 is 11.3 Å². The van der Waals surface area contributed by atoms with Crippen LogP contribution in [0.3, 0.4) is 0 Å². The topological polar surface area (TPSA) is 124 Å². The van der Waals surface area contributed by atoms with Gasteiger partial charge in [-0.1, -0.05) is 12.1 Å². The Morgan fingerprint density at radius 1 is 1.12 bits per heavy atom. The lowest BCUT2D eigenvalue weighted by atomic mass is 9.91. The molecule has 5 aliphatic heterocycles. The van der Waals surface area contributed by atoms with E-state index in [9.17, 15) is 14.8 Å². The van der Waals surface area contributed by atoms with E-state index < -0.39 is 6.17 Å². The molecule has 3 N–H and O–H groups in total. The van der Waals surface area contributed by atoms with E-state index in [1.165, 1.54) is 11.3 Å². The lowest BCUT2D eigenvalue weighted by Crippen LogP contribution is -2.54. The number of thiophene rings is 1. The number of aliphatic hydroxyl groups excluding tert-OH is 1. The number of hydrogen-bond acceptors (Lipinski definition) is 11. The summed E-state index contributed by atoms with van der Waals surface area (Å²) in [6.45, 7) is 5.57. The average molecular weight is 670 g/mol. The molecule has 2 aromatic heterocycles. The summed E-state index contributed by atoms with van der Waals surface area (Å²) in [4.78, 5) is 17.5. The molecular weight excluding hydrogens is 630 g/mol. The number of aromatic nitrogens is 2. The molecule has 0 radical (unpaired) electrons. The molecule has 2 aromatic carbocycles. The number of alkyl halides is 1. The molecule has 9 rings (SSSR count). The fourth-order valence-electron chi connectivity index (χ4n) is 9.41. The highest BCUT2D eigenvalue weighted by molar-refractivity contribution is 7.23. The number of nitrogen functional groups attached to an aromatic ring is 1. The Bertz CT molecular complexity index is 1950. The lowest BCUT2D eigenvalue weighted by Gasteiger charge is -2.42. The third-order valence-electron chi connectivity index (χ3n) is 11.5. The van der Waals surface area contributed by atoms with E-state index in [1.54, 1.807) is 0 Å². The number of benzene rings is 2. The first-order chi connectivity index (χ1) is 23.5. The van der Waals surface area contributed by atoms with Gasteiger partial charge in [0.2, 0.25) is 0 Å². The minimum atomic E-state index is -0.836. The maximum absolute atomic E-state index is 14.6. The van der Waals surface area contributed by atoms with E-state index in [0.29, 0.717) is 49.4 Å². The quantitative estimate of drug-likeness (QED) is 0.265. The summed E-state index contributed by atoms with van der Waals surface area (Å²) in [5.74, 6) is 0.892. The number of piperazine rings is 1. The molecule has 4 atom stereocenters. The zero-order chi connectivity index (χ0) is 32.6. The molecule has 0 spiro atoms. The van der Waals surface area contributed by atoms with Gasteiger partial charge in [-0.15, -0.1) is 11.3 Å². The molecule has 3 unspecified atom stereocenters. The predicted octanol–water partition coefficient (Wildman–Crippen LogP) is 4.99. The van der Waals surface area contributed by atoms with Crippen molar-refractivity contribution in [2.75, 3.05) is 56.6 Å². The van der Waals surface area contributed by atoms with Crippen molar-refractivity contribution in [3.8, 4) is 23.2 Å². The SMILES string of the molecule is N#Cc1c(N)sc2cccc(-c3cc4nc(OCC56CCCN5C[C@H](F)C6)nc(N5C6CCC5CN(CCCO)C6)c4c4c3COC4)c12. The number of anilines is 2. The summed E-state index contributed by atoms with van der Waals surface area (Å²) in [5.41, 5.74) is 11.4. The van der Waals surface area contributed by atoms with Crippen LogP contribution in [-0.4, -0.2) is 94.6 Å². The van der Waals surface area contributed by atoms with E-state index in [1.807, 2.05) is 12.1 Å². The molecule has 2 bridgehead atoms. The summed E-state index contributed by atoms with van der Waals surface area (Å²) in [5, 5.41) is 21.9. The fraction of sp³-hybridized carbons (Fsp3) is 0.528. The van der Waals surface area contributed by atoms with E-state index in [4.69, 9.17) is 25.2 Å². The maximum atomic E-state index is 14.6. The molecule has 10 nitrogen and oxygen atoms in total. The molecule has 7 heterocycles. The summed E-state index contributed by atoms with van der Waals surface area (Å²) >= 11 is 1.43. The third-order valence-corrected chi connectivity index (χ3v) is 12.5. The number of nitrogens with zero attached hydrogens (tertiary/aromatic N) is 6. The van der Waals surface area contributed by atoms with Crippen LogP contribution < -0.4 is 15.4 Å². The molecule has 0 amide bonds. The number of ether oxygens (including phenoxy) is 2. The third kappa shape index (κ3) is 4.77.